The van der Waals surface area contributed by atoms with E-state index in [-0.39, 0.29) is 4.90 Å². The van der Waals surface area contributed by atoms with Crippen LogP contribution in [0.5, 0.6) is 0 Å². The molecule has 0 amide bonds. The Kier molecular flexibility index (Phi) is 6.48. The van der Waals surface area contributed by atoms with E-state index in [2.05, 4.69) is 0 Å². The van der Waals surface area contributed by atoms with Gasteiger partial charge in [0.2, 0.25) is 0 Å². The molecule has 0 atom stereocenters. The van der Waals surface area contributed by atoms with Gasteiger partial charge in [0.1, 0.15) is 4.90 Å². The maximum Gasteiger partial charge on any atom is 0.422 e. The van der Waals surface area contributed by atoms with Crippen molar-refractivity contribution >= 4 is 20.4 Å². The van der Waals surface area contributed by atoms with Crippen molar-refractivity contribution in [2.45, 2.75) is 47.3 Å². The quantitative estimate of drug-likeness (QED) is 0.212. The van der Waals surface area contributed by atoms with Crippen molar-refractivity contribution in [3.8, 4) is 0 Å². The minimum absolute atomic E-state index is 0.205. The Morgan fingerprint density at radius 1 is 0.424 bits per heavy atom. The summed E-state index contributed by atoms with van der Waals surface area (Å²) in [6.07, 6.45) is 0. The van der Waals surface area contributed by atoms with Crippen LogP contribution in [0.2, 0.25) is 0 Å². The number of hydrogen-bond acceptors (Lipinski definition) is 2. The van der Waals surface area contributed by atoms with Crippen LogP contribution in [0.1, 0.15) is 22.3 Å². The molecule has 0 saturated heterocycles. The summed E-state index contributed by atoms with van der Waals surface area (Å²) in [6, 6.07) is 31.1. The average Bonchev–Trinajstić information content (AvgIpc) is 2.79. The molecule has 3 nitrogen and oxygen atoms in total. The first-order valence-electron chi connectivity index (χ1n) is 10.8. The lowest BCUT2D eigenvalue weighted by atomic mass is 10.2. The summed E-state index contributed by atoms with van der Waals surface area (Å²) >= 11 is 0. The Hall–Kier alpha value is -2.86. The van der Waals surface area contributed by atoms with Crippen LogP contribution < -0.4 is 0 Å². The summed E-state index contributed by atoms with van der Waals surface area (Å²) in [5.74, 6) is 0. The molecule has 0 saturated carbocycles. The van der Waals surface area contributed by atoms with Gasteiger partial charge in [0.25, 0.3) is 0 Å². The van der Waals surface area contributed by atoms with Gasteiger partial charge in [-0.2, -0.15) is 0 Å². The van der Waals surface area contributed by atoms with Gasteiger partial charge < -0.3 is 0 Å². The number of aryl methyl sites for hydroxylation is 4. The van der Waals surface area contributed by atoms with E-state index in [1.165, 1.54) is 0 Å². The lowest BCUT2D eigenvalue weighted by Crippen LogP contribution is -2.18. The molecule has 0 aliphatic heterocycles. The van der Waals surface area contributed by atoms with Crippen LogP contribution in [0, 0.1) is 27.7 Å². The Morgan fingerprint density at radius 2 is 0.667 bits per heavy atom. The summed E-state index contributed by atoms with van der Waals surface area (Å²) in [6.45, 7) is 8.02. The fourth-order valence-corrected chi connectivity index (χ4v) is 9.08. The number of rotatable bonds is 6. The number of hydrogen-bond donors (Lipinski definition) is 0. The van der Waals surface area contributed by atoms with Gasteiger partial charge in [0, 0.05) is 0 Å². The fourth-order valence-electron chi connectivity index (χ4n) is 3.64. The second-order valence-electron chi connectivity index (χ2n) is 8.38. The third-order valence-corrected chi connectivity index (χ3v) is 11.0. The van der Waals surface area contributed by atoms with Gasteiger partial charge in [-0.3, -0.25) is 3.63 Å². The molecular formula is C28H29O3S2+. The third kappa shape index (κ3) is 4.76. The Bertz CT molecular complexity index is 1230. The summed E-state index contributed by atoms with van der Waals surface area (Å²) < 4.78 is 32.3. The van der Waals surface area contributed by atoms with Crippen LogP contribution in [-0.4, -0.2) is 12.0 Å². The van der Waals surface area contributed by atoms with Gasteiger partial charge in [-0.15, -0.1) is 8.42 Å². The smallest absolute Gasteiger partial charge is 0.258 e. The van der Waals surface area contributed by atoms with Crippen LogP contribution in [0.4, 0.5) is 0 Å². The van der Waals surface area contributed by atoms with E-state index in [0.717, 1.165) is 36.9 Å². The molecule has 170 valence electrons. The second kappa shape index (κ2) is 9.18. The normalized spacial score (nSPS) is 12.5. The minimum Gasteiger partial charge on any atom is -0.258 e. The van der Waals surface area contributed by atoms with Crippen molar-refractivity contribution in [3.63, 3.8) is 0 Å². The molecule has 0 radical (unpaired) electrons. The zero-order chi connectivity index (χ0) is 23.6. The van der Waals surface area contributed by atoms with E-state index >= 15 is 0 Å². The zero-order valence-electron chi connectivity index (χ0n) is 19.3. The van der Waals surface area contributed by atoms with Crippen LogP contribution in [0.3, 0.4) is 0 Å². The summed E-state index contributed by atoms with van der Waals surface area (Å²) in [7, 11) is -6.41. The SMILES string of the molecule is Cc1ccc(S([OH+]S(=O)(=O)c2ccc(C)cc2)(c2ccc(C)cc2)c2ccc(C)cc2)cc1. The molecule has 0 heterocycles. The molecular weight excluding hydrogens is 448 g/mol. The molecule has 1 N–H and O–H groups in total. The molecule has 4 aromatic rings. The monoisotopic (exact) mass is 477 g/mol. The van der Waals surface area contributed by atoms with Gasteiger partial charge in [-0.25, -0.2) is 0 Å². The molecule has 4 aromatic carbocycles. The standard InChI is InChI=1S/C28H28O3S2/c1-21-5-13-25(14-6-21)32(26-15-7-22(2)8-16-26,27-17-9-23(3)10-18-27)31-33(29,30)28-19-11-24(4)12-20-28/h5-20H,1-4H3/p+1. The lowest BCUT2D eigenvalue weighted by molar-refractivity contribution is 0.387. The van der Waals surface area contributed by atoms with E-state index in [4.69, 9.17) is 3.63 Å². The van der Waals surface area contributed by atoms with Crippen molar-refractivity contribution in [1.29, 1.82) is 0 Å². The zero-order valence-corrected chi connectivity index (χ0v) is 21.0. The second-order valence-corrected chi connectivity index (χ2v) is 13.0. The highest BCUT2D eigenvalue weighted by Crippen LogP contribution is 2.68. The van der Waals surface area contributed by atoms with Crippen LogP contribution in [-0.2, 0) is 10.1 Å². The van der Waals surface area contributed by atoms with Crippen molar-refractivity contribution < 1.29 is 12.0 Å². The minimum atomic E-state index is -3.95. The first-order valence-corrected chi connectivity index (χ1v) is 13.8. The van der Waals surface area contributed by atoms with E-state index in [9.17, 15) is 8.42 Å². The highest BCUT2D eigenvalue weighted by molar-refractivity contribution is 8.32. The predicted octanol–water partition coefficient (Wildman–Crippen LogP) is 7.60. The fraction of sp³-hybridized carbons (Fsp3) is 0.143. The third-order valence-electron chi connectivity index (χ3n) is 5.62. The van der Waals surface area contributed by atoms with Gasteiger partial charge >= 0.3 is 10.1 Å². The first kappa shape index (κ1) is 23.3. The molecule has 0 aliphatic rings. The van der Waals surface area contributed by atoms with E-state index in [1.54, 1.807) is 12.1 Å². The molecule has 4 rings (SSSR count). The number of benzene rings is 4. The summed E-state index contributed by atoms with van der Waals surface area (Å²) in [5.41, 5.74) is 4.34. The first-order chi connectivity index (χ1) is 15.7. The van der Waals surface area contributed by atoms with E-state index in [1.807, 2.05) is 113 Å². The summed E-state index contributed by atoms with van der Waals surface area (Å²) in [4.78, 5) is 2.86. The van der Waals surface area contributed by atoms with Crippen molar-refractivity contribution in [2.75, 3.05) is 0 Å². The maximum atomic E-state index is 13.7. The largest absolute Gasteiger partial charge is 0.422 e. The van der Waals surface area contributed by atoms with Crippen LogP contribution >= 0.6 is 10.3 Å². The Balaban J connectivity index is 2.02. The molecule has 33 heavy (non-hydrogen) atoms. The van der Waals surface area contributed by atoms with Gasteiger partial charge in [-0.1, -0.05) is 70.8 Å². The topological polar surface area (TPSA) is 46.9 Å². The summed E-state index contributed by atoms with van der Waals surface area (Å²) in [5, 5.41) is 0. The van der Waals surface area contributed by atoms with Crippen molar-refractivity contribution in [2.24, 2.45) is 0 Å². The van der Waals surface area contributed by atoms with Gasteiger partial charge in [-0.05, 0) is 76.2 Å². The lowest BCUT2D eigenvalue weighted by Gasteiger charge is -2.35. The average molecular weight is 478 g/mol. The highest BCUT2D eigenvalue weighted by atomic mass is 32.3. The van der Waals surface area contributed by atoms with E-state index < -0.39 is 20.4 Å². The molecule has 0 spiro atoms. The van der Waals surface area contributed by atoms with Gasteiger partial charge in [0.05, 0.1) is 25.0 Å². The maximum absolute atomic E-state index is 13.7. The van der Waals surface area contributed by atoms with E-state index in [0.29, 0.717) is 0 Å². The molecule has 5 heteroatoms. The van der Waals surface area contributed by atoms with Crippen LogP contribution in [0.15, 0.2) is 117 Å². The molecule has 0 aromatic heterocycles. The van der Waals surface area contributed by atoms with Crippen molar-refractivity contribution in [1.82, 2.24) is 0 Å². The predicted molar refractivity (Wildman–Crippen MR) is 137 cm³/mol. The molecule has 0 fully saturated rings. The Morgan fingerprint density at radius 3 is 0.939 bits per heavy atom. The molecule has 0 bridgehead atoms. The van der Waals surface area contributed by atoms with Crippen LogP contribution in [0.25, 0.3) is 0 Å². The highest BCUT2D eigenvalue weighted by Gasteiger charge is 2.43. The van der Waals surface area contributed by atoms with Gasteiger partial charge in [0.15, 0.2) is 0 Å². The Labute approximate surface area is 198 Å². The molecule has 0 aliphatic carbocycles. The molecule has 0 unspecified atom stereocenters. The van der Waals surface area contributed by atoms with Crippen molar-refractivity contribution in [3.05, 3.63) is 119 Å².